The van der Waals surface area contributed by atoms with Crippen LogP contribution < -0.4 is 5.32 Å². The molecule has 0 radical (unpaired) electrons. The van der Waals surface area contributed by atoms with E-state index in [0.29, 0.717) is 17.7 Å². The number of carbonyl (C=O) groups is 1. The Kier molecular flexibility index (Phi) is 4.05. The number of amides is 1. The van der Waals surface area contributed by atoms with E-state index >= 15 is 0 Å². The zero-order valence-corrected chi connectivity index (χ0v) is 15.3. The lowest BCUT2D eigenvalue weighted by Gasteiger charge is -2.28. The maximum absolute atomic E-state index is 13.1. The number of hydrogen-bond donors (Lipinski definition) is 1. The molecular formula is C18H16F6N4O. The fraction of sp³-hybridized carbons (Fsp3) is 0.500. The summed E-state index contributed by atoms with van der Waals surface area (Å²) < 4.78 is 79.7. The van der Waals surface area contributed by atoms with Gasteiger partial charge in [-0.15, -0.1) is 0 Å². The van der Waals surface area contributed by atoms with Gasteiger partial charge in [0.1, 0.15) is 5.54 Å². The van der Waals surface area contributed by atoms with Gasteiger partial charge in [0.25, 0.3) is 5.91 Å². The number of fused-ring (bicyclic) bond motifs is 3. The Bertz CT molecular complexity index is 991. The molecule has 5 nitrogen and oxygen atoms in total. The highest BCUT2D eigenvalue weighted by Gasteiger charge is 2.52. The molecular weight excluding hydrogens is 402 g/mol. The predicted octanol–water partition coefficient (Wildman–Crippen LogP) is 4.02. The highest BCUT2D eigenvalue weighted by Crippen LogP contribution is 2.57. The Balaban J connectivity index is 1.75. The molecule has 0 bridgehead atoms. The molecule has 1 N–H and O–H groups in total. The first kappa shape index (κ1) is 19.7. The number of hydrogen-bond acceptors (Lipinski definition) is 3. The molecule has 0 unspecified atom stereocenters. The molecule has 4 rings (SSSR count). The van der Waals surface area contributed by atoms with Crippen LogP contribution in [0.1, 0.15) is 53.5 Å². The Labute approximate surface area is 161 Å². The molecule has 0 spiro atoms. The van der Waals surface area contributed by atoms with Crippen LogP contribution in [0.2, 0.25) is 0 Å². The summed E-state index contributed by atoms with van der Waals surface area (Å²) in [7, 11) is 0. The minimum atomic E-state index is -4.68. The highest BCUT2D eigenvalue weighted by atomic mass is 19.4. The molecule has 1 fully saturated rings. The minimum absolute atomic E-state index is 0.0195. The van der Waals surface area contributed by atoms with Crippen molar-refractivity contribution in [2.75, 3.05) is 0 Å². The van der Waals surface area contributed by atoms with Crippen molar-refractivity contribution < 1.29 is 31.1 Å². The van der Waals surface area contributed by atoms with Crippen molar-refractivity contribution in [2.24, 2.45) is 5.92 Å². The van der Waals surface area contributed by atoms with Gasteiger partial charge in [0.05, 0.1) is 11.3 Å². The van der Waals surface area contributed by atoms with E-state index in [2.05, 4.69) is 10.1 Å². The van der Waals surface area contributed by atoms with Gasteiger partial charge in [-0.05, 0) is 44.7 Å². The van der Waals surface area contributed by atoms with Gasteiger partial charge in [0.2, 0.25) is 0 Å². The summed E-state index contributed by atoms with van der Waals surface area (Å²) in [6, 6.07) is 1.62. The van der Waals surface area contributed by atoms with E-state index in [1.807, 2.05) is 5.32 Å². The Morgan fingerprint density at radius 1 is 1.21 bits per heavy atom. The summed E-state index contributed by atoms with van der Waals surface area (Å²) in [5.74, 6) is -0.901. The molecule has 1 saturated carbocycles. The zero-order chi connectivity index (χ0) is 21.4. The van der Waals surface area contributed by atoms with Gasteiger partial charge in [0, 0.05) is 17.7 Å². The van der Waals surface area contributed by atoms with Crippen molar-refractivity contribution in [1.82, 2.24) is 20.1 Å². The van der Waals surface area contributed by atoms with E-state index in [-0.39, 0.29) is 23.3 Å². The first-order chi connectivity index (χ1) is 13.3. The molecule has 2 aliphatic rings. The summed E-state index contributed by atoms with van der Waals surface area (Å²) in [6.45, 7) is 1.65. The SMILES string of the molecule is CC(C)(NC(=O)c1nn(-c2cc(C(F)(F)F)ccn2)c2c1C[C@H]1C[C@@H]21)C(F)(F)F. The molecule has 29 heavy (non-hydrogen) atoms. The van der Waals surface area contributed by atoms with Gasteiger partial charge in [-0.3, -0.25) is 4.79 Å². The molecule has 0 aromatic carbocycles. The fourth-order valence-corrected chi connectivity index (χ4v) is 3.60. The second kappa shape index (κ2) is 5.96. The maximum atomic E-state index is 13.1. The summed E-state index contributed by atoms with van der Waals surface area (Å²) in [5.41, 5.74) is -2.60. The van der Waals surface area contributed by atoms with Crippen molar-refractivity contribution in [3.63, 3.8) is 0 Å². The maximum Gasteiger partial charge on any atom is 0.416 e. The van der Waals surface area contributed by atoms with E-state index in [4.69, 9.17) is 0 Å². The smallest absolute Gasteiger partial charge is 0.337 e. The third-order valence-electron chi connectivity index (χ3n) is 5.40. The monoisotopic (exact) mass is 418 g/mol. The molecule has 11 heteroatoms. The number of aromatic nitrogens is 3. The molecule has 2 aliphatic carbocycles. The molecule has 0 aliphatic heterocycles. The van der Waals surface area contributed by atoms with Gasteiger partial charge in [-0.1, -0.05) is 0 Å². The average Bonchev–Trinajstić information content (AvgIpc) is 3.08. The van der Waals surface area contributed by atoms with Gasteiger partial charge in [0.15, 0.2) is 11.5 Å². The van der Waals surface area contributed by atoms with E-state index in [0.717, 1.165) is 43.3 Å². The second-order valence-corrected chi connectivity index (χ2v) is 7.91. The van der Waals surface area contributed by atoms with E-state index in [1.54, 1.807) is 0 Å². The predicted molar refractivity (Wildman–Crippen MR) is 88.5 cm³/mol. The molecule has 2 aromatic rings. The summed E-state index contributed by atoms with van der Waals surface area (Å²) in [4.78, 5) is 16.5. The lowest BCUT2D eigenvalue weighted by molar-refractivity contribution is -0.182. The molecule has 2 heterocycles. The normalized spacial score (nSPS) is 21.0. The van der Waals surface area contributed by atoms with Crippen LogP contribution in [-0.2, 0) is 12.6 Å². The number of halogens is 6. The second-order valence-electron chi connectivity index (χ2n) is 7.91. The molecule has 2 aromatic heterocycles. The van der Waals surface area contributed by atoms with Crippen molar-refractivity contribution in [3.05, 3.63) is 40.8 Å². The molecule has 0 saturated heterocycles. The lowest BCUT2D eigenvalue weighted by Crippen LogP contribution is -2.54. The van der Waals surface area contributed by atoms with Crippen LogP contribution in [0.4, 0.5) is 26.3 Å². The Morgan fingerprint density at radius 3 is 2.52 bits per heavy atom. The van der Waals surface area contributed by atoms with E-state index < -0.39 is 29.4 Å². The number of nitrogens with zero attached hydrogens (tertiary/aromatic N) is 3. The van der Waals surface area contributed by atoms with Gasteiger partial charge in [-0.2, -0.15) is 31.4 Å². The average molecular weight is 418 g/mol. The van der Waals surface area contributed by atoms with E-state index in [9.17, 15) is 31.1 Å². The Morgan fingerprint density at radius 2 is 1.90 bits per heavy atom. The van der Waals surface area contributed by atoms with Crippen LogP contribution in [0.25, 0.3) is 5.82 Å². The molecule has 1 amide bonds. The molecule has 2 atom stereocenters. The van der Waals surface area contributed by atoms with Gasteiger partial charge < -0.3 is 5.32 Å². The topological polar surface area (TPSA) is 59.8 Å². The number of carbonyl (C=O) groups excluding carboxylic acids is 1. The fourth-order valence-electron chi connectivity index (χ4n) is 3.60. The highest BCUT2D eigenvalue weighted by molar-refractivity contribution is 5.95. The number of pyridine rings is 1. The zero-order valence-electron chi connectivity index (χ0n) is 15.3. The van der Waals surface area contributed by atoms with Crippen LogP contribution >= 0.6 is 0 Å². The van der Waals surface area contributed by atoms with Crippen molar-refractivity contribution in [2.45, 2.75) is 50.5 Å². The largest absolute Gasteiger partial charge is 0.416 e. The van der Waals surface area contributed by atoms with Crippen LogP contribution in [0.5, 0.6) is 0 Å². The third kappa shape index (κ3) is 3.25. The minimum Gasteiger partial charge on any atom is -0.337 e. The third-order valence-corrected chi connectivity index (χ3v) is 5.40. The quantitative estimate of drug-likeness (QED) is 0.767. The first-order valence-corrected chi connectivity index (χ1v) is 8.84. The summed E-state index contributed by atoms with van der Waals surface area (Å²) >= 11 is 0. The molecule has 156 valence electrons. The van der Waals surface area contributed by atoms with E-state index in [1.165, 1.54) is 0 Å². The van der Waals surface area contributed by atoms with Gasteiger partial charge >= 0.3 is 12.4 Å². The number of rotatable bonds is 3. The van der Waals surface area contributed by atoms with Crippen molar-refractivity contribution in [1.29, 1.82) is 0 Å². The number of nitrogens with one attached hydrogen (secondary N) is 1. The van der Waals surface area contributed by atoms with Crippen LogP contribution in [0, 0.1) is 5.92 Å². The van der Waals surface area contributed by atoms with Gasteiger partial charge in [-0.25, -0.2) is 9.67 Å². The van der Waals surface area contributed by atoms with Crippen molar-refractivity contribution in [3.8, 4) is 5.82 Å². The lowest BCUT2D eigenvalue weighted by atomic mass is 10.0. The van der Waals surface area contributed by atoms with Crippen molar-refractivity contribution >= 4 is 5.91 Å². The standard InChI is InChI=1S/C18H16F6N4O/c1-16(2,18(22,23)24)26-15(29)13-11-6-8-5-10(8)14(11)28(27-13)12-7-9(3-4-25-12)17(19,20)21/h3-4,7-8,10H,5-6H2,1-2H3,(H,26,29)/t8-,10-/m1/s1. The summed E-state index contributed by atoms with van der Waals surface area (Å²) in [5, 5.41) is 6.01. The van der Waals surface area contributed by atoms with Crippen LogP contribution in [0.15, 0.2) is 18.3 Å². The van der Waals surface area contributed by atoms with Crippen LogP contribution in [-0.4, -0.2) is 32.4 Å². The summed E-state index contributed by atoms with van der Waals surface area (Å²) in [6.07, 6.45) is -7.04. The Hall–Kier alpha value is -2.59. The first-order valence-electron chi connectivity index (χ1n) is 8.84. The van der Waals surface area contributed by atoms with Crippen LogP contribution in [0.3, 0.4) is 0 Å². The number of alkyl halides is 6.